The first-order valence-electron chi connectivity index (χ1n) is 5.63. The van der Waals surface area contributed by atoms with Crippen LogP contribution in [0.15, 0.2) is 47.6 Å². The van der Waals surface area contributed by atoms with Gasteiger partial charge in [0.15, 0.2) is 5.82 Å². The summed E-state index contributed by atoms with van der Waals surface area (Å²) in [5.74, 6) is -0.565. The number of fused-ring (bicyclic) bond motifs is 1. The minimum atomic E-state index is -3.93. The van der Waals surface area contributed by atoms with Gasteiger partial charge in [-0.05, 0) is 18.2 Å². The number of aromatic nitrogens is 3. The molecule has 0 atom stereocenters. The van der Waals surface area contributed by atoms with E-state index in [4.69, 9.17) is 0 Å². The molecule has 0 fully saturated rings. The Morgan fingerprint density at radius 2 is 2.00 bits per heavy atom. The van der Waals surface area contributed by atoms with Gasteiger partial charge in [-0.15, -0.1) is 0 Å². The van der Waals surface area contributed by atoms with Crippen LogP contribution in [0.3, 0.4) is 0 Å². The number of rotatable bonds is 3. The number of anilines is 1. The maximum absolute atomic E-state index is 13.1. The Morgan fingerprint density at radius 3 is 2.80 bits per heavy atom. The molecule has 2 N–H and O–H groups in total. The summed E-state index contributed by atoms with van der Waals surface area (Å²) in [4.78, 5) is 3.26. The van der Waals surface area contributed by atoms with Crippen molar-refractivity contribution in [3.8, 4) is 0 Å². The first kappa shape index (κ1) is 12.5. The lowest BCUT2D eigenvalue weighted by atomic mass is 10.2. The summed E-state index contributed by atoms with van der Waals surface area (Å²) in [5.41, 5.74) is 0.697. The van der Waals surface area contributed by atoms with E-state index in [9.17, 15) is 12.8 Å². The molecule has 2 heterocycles. The number of halogens is 1. The number of pyridine rings is 1. The van der Waals surface area contributed by atoms with Crippen LogP contribution in [0.25, 0.3) is 10.9 Å². The third kappa shape index (κ3) is 2.21. The SMILES string of the molecule is O=S(=O)(Nc1n[nH]c2ccccc12)c1cncc(F)c1. The van der Waals surface area contributed by atoms with E-state index in [-0.39, 0.29) is 10.7 Å². The molecule has 3 aromatic rings. The van der Waals surface area contributed by atoms with Crippen LogP contribution in [0, 0.1) is 5.82 Å². The first-order valence-corrected chi connectivity index (χ1v) is 7.11. The second-order valence-corrected chi connectivity index (χ2v) is 5.74. The minimum absolute atomic E-state index is 0.157. The fourth-order valence-corrected chi connectivity index (χ4v) is 2.76. The number of aromatic amines is 1. The van der Waals surface area contributed by atoms with Gasteiger partial charge in [-0.25, -0.2) is 12.8 Å². The van der Waals surface area contributed by atoms with E-state index in [1.54, 1.807) is 24.3 Å². The molecule has 0 saturated carbocycles. The van der Waals surface area contributed by atoms with E-state index in [0.717, 1.165) is 18.5 Å². The number of H-pyrrole nitrogens is 1. The smallest absolute Gasteiger partial charge is 0.264 e. The summed E-state index contributed by atoms with van der Waals surface area (Å²) < 4.78 is 39.6. The Bertz CT molecular complexity index is 876. The molecular weight excluding hydrogens is 283 g/mol. The molecule has 1 aromatic carbocycles. The number of sulfonamides is 1. The van der Waals surface area contributed by atoms with Crippen molar-refractivity contribution in [1.29, 1.82) is 0 Å². The topological polar surface area (TPSA) is 87.7 Å². The molecule has 0 aliphatic rings. The van der Waals surface area contributed by atoms with Crippen molar-refractivity contribution >= 4 is 26.7 Å². The van der Waals surface area contributed by atoms with Crippen molar-refractivity contribution in [3.05, 3.63) is 48.5 Å². The fourth-order valence-electron chi connectivity index (χ4n) is 1.77. The van der Waals surface area contributed by atoms with Crippen molar-refractivity contribution in [2.75, 3.05) is 4.72 Å². The molecule has 8 heteroatoms. The number of hydrogen-bond donors (Lipinski definition) is 2. The number of nitrogens with one attached hydrogen (secondary N) is 2. The molecule has 0 unspecified atom stereocenters. The first-order chi connectivity index (χ1) is 9.56. The number of benzene rings is 1. The van der Waals surface area contributed by atoms with E-state index in [2.05, 4.69) is 19.9 Å². The Kier molecular flexibility index (Phi) is 2.87. The molecule has 0 amide bonds. The van der Waals surface area contributed by atoms with E-state index < -0.39 is 15.8 Å². The van der Waals surface area contributed by atoms with Gasteiger partial charge < -0.3 is 0 Å². The Hall–Kier alpha value is -2.48. The molecule has 0 radical (unpaired) electrons. The van der Waals surface area contributed by atoms with Gasteiger partial charge in [0.05, 0.1) is 11.7 Å². The highest BCUT2D eigenvalue weighted by Crippen LogP contribution is 2.22. The summed E-state index contributed by atoms with van der Waals surface area (Å²) in [5, 5.41) is 7.23. The maximum atomic E-state index is 13.1. The van der Waals surface area contributed by atoms with Crippen LogP contribution in [-0.2, 0) is 10.0 Å². The molecular formula is C12H9FN4O2S. The average molecular weight is 292 g/mol. The van der Waals surface area contributed by atoms with Crippen LogP contribution in [0.1, 0.15) is 0 Å². The van der Waals surface area contributed by atoms with Crippen LogP contribution in [0.5, 0.6) is 0 Å². The lowest BCUT2D eigenvalue weighted by Crippen LogP contribution is -2.14. The van der Waals surface area contributed by atoms with Crippen LogP contribution >= 0.6 is 0 Å². The predicted molar refractivity (Wildman–Crippen MR) is 71.1 cm³/mol. The molecule has 0 aliphatic carbocycles. The highest BCUT2D eigenvalue weighted by Gasteiger charge is 2.18. The average Bonchev–Trinajstić information content (AvgIpc) is 2.82. The molecule has 0 bridgehead atoms. The number of para-hydroxylation sites is 1. The summed E-state index contributed by atoms with van der Waals surface area (Å²) in [6.07, 6.45) is 2.00. The van der Waals surface area contributed by atoms with Gasteiger partial charge in [-0.1, -0.05) is 12.1 Å². The molecule has 0 spiro atoms. The van der Waals surface area contributed by atoms with Crippen molar-refractivity contribution in [2.45, 2.75) is 4.90 Å². The predicted octanol–water partition coefficient (Wildman–Crippen LogP) is 1.90. The van der Waals surface area contributed by atoms with Crippen LogP contribution < -0.4 is 4.72 Å². The van der Waals surface area contributed by atoms with Gasteiger partial charge in [0.25, 0.3) is 10.0 Å². The fraction of sp³-hybridized carbons (Fsp3) is 0. The highest BCUT2D eigenvalue weighted by atomic mass is 32.2. The zero-order valence-electron chi connectivity index (χ0n) is 10.0. The summed E-state index contributed by atoms with van der Waals surface area (Å²) >= 11 is 0. The third-order valence-corrected chi connectivity index (χ3v) is 4.00. The van der Waals surface area contributed by atoms with E-state index in [1.807, 2.05) is 0 Å². The molecule has 2 aromatic heterocycles. The molecule has 102 valence electrons. The number of nitrogens with zero attached hydrogens (tertiary/aromatic N) is 2. The maximum Gasteiger partial charge on any atom is 0.264 e. The van der Waals surface area contributed by atoms with Crippen molar-refractivity contribution in [2.24, 2.45) is 0 Å². The van der Waals surface area contributed by atoms with E-state index in [1.165, 1.54) is 0 Å². The Balaban J connectivity index is 2.02. The zero-order chi connectivity index (χ0) is 14.2. The standard InChI is InChI=1S/C12H9FN4O2S/c13-8-5-9(7-14-6-8)20(18,19)17-12-10-3-1-2-4-11(10)15-16-12/h1-7H,(H2,15,16,17). The Morgan fingerprint density at radius 1 is 1.20 bits per heavy atom. The molecule has 6 nitrogen and oxygen atoms in total. The highest BCUT2D eigenvalue weighted by molar-refractivity contribution is 7.92. The van der Waals surface area contributed by atoms with Crippen molar-refractivity contribution in [1.82, 2.24) is 15.2 Å². The summed E-state index contributed by atoms with van der Waals surface area (Å²) in [6, 6.07) is 7.95. The van der Waals surface area contributed by atoms with Gasteiger partial charge in [-0.3, -0.25) is 14.8 Å². The van der Waals surface area contributed by atoms with Crippen LogP contribution in [0.2, 0.25) is 0 Å². The Labute approximate surface area is 113 Å². The number of hydrogen-bond acceptors (Lipinski definition) is 4. The minimum Gasteiger partial charge on any atom is -0.276 e. The van der Waals surface area contributed by atoms with Crippen LogP contribution in [-0.4, -0.2) is 23.6 Å². The lowest BCUT2D eigenvalue weighted by molar-refractivity contribution is 0.592. The van der Waals surface area contributed by atoms with E-state index >= 15 is 0 Å². The lowest BCUT2D eigenvalue weighted by Gasteiger charge is -2.05. The molecule has 3 rings (SSSR count). The molecule has 0 aliphatic heterocycles. The van der Waals surface area contributed by atoms with Crippen molar-refractivity contribution in [3.63, 3.8) is 0 Å². The monoisotopic (exact) mass is 292 g/mol. The van der Waals surface area contributed by atoms with Gasteiger partial charge >= 0.3 is 0 Å². The largest absolute Gasteiger partial charge is 0.276 e. The van der Waals surface area contributed by atoms with Gasteiger partial charge in [0.2, 0.25) is 0 Å². The van der Waals surface area contributed by atoms with Crippen LogP contribution in [0.4, 0.5) is 10.2 Å². The second kappa shape index (κ2) is 4.57. The second-order valence-electron chi connectivity index (χ2n) is 4.06. The van der Waals surface area contributed by atoms with Crippen molar-refractivity contribution < 1.29 is 12.8 Å². The molecule has 20 heavy (non-hydrogen) atoms. The zero-order valence-corrected chi connectivity index (χ0v) is 10.9. The van der Waals surface area contributed by atoms with Gasteiger partial charge in [0.1, 0.15) is 10.7 Å². The van der Waals surface area contributed by atoms with Gasteiger partial charge in [0, 0.05) is 11.6 Å². The third-order valence-electron chi connectivity index (χ3n) is 2.69. The summed E-state index contributed by atoms with van der Waals surface area (Å²) in [7, 11) is -3.93. The molecule has 0 saturated heterocycles. The van der Waals surface area contributed by atoms with E-state index in [0.29, 0.717) is 10.9 Å². The summed E-state index contributed by atoms with van der Waals surface area (Å²) in [6.45, 7) is 0. The normalized spacial score (nSPS) is 11.7. The quantitative estimate of drug-likeness (QED) is 0.771. The van der Waals surface area contributed by atoms with Gasteiger partial charge in [-0.2, -0.15) is 5.10 Å².